The van der Waals surface area contributed by atoms with Crippen LogP contribution in [0, 0.1) is 0 Å². The minimum Gasteiger partial charge on any atom is -0.150 e. The van der Waals surface area contributed by atoms with Crippen LogP contribution < -0.4 is 0 Å². The molecule has 0 atom stereocenters. The van der Waals surface area contributed by atoms with E-state index in [1.165, 1.54) is 0 Å². The summed E-state index contributed by atoms with van der Waals surface area (Å²) in [6.07, 6.45) is 1.58. The highest BCUT2D eigenvalue weighted by molar-refractivity contribution is 5.80. The van der Waals surface area contributed by atoms with E-state index in [0.29, 0.717) is 11.4 Å². The number of rotatable bonds is 1. The molecule has 76 valence electrons. The summed E-state index contributed by atoms with van der Waals surface area (Å²) in [7, 11) is 0. The smallest absolute Gasteiger partial charge is 0.117 e. The number of aromatic nitrogens is 5. The van der Waals surface area contributed by atoms with Crippen LogP contribution >= 0.6 is 0 Å². The maximum Gasteiger partial charge on any atom is 0.117 e. The van der Waals surface area contributed by atoms with Gasteiger partial charge in [-0.2, -0.15) is 0 Å². The SMILES string of the molecule is c1ccc2nnc(-c3ccnnn3)cc2c1. The highest BCUT2D eigenvalue weighted by atomic mass is 15.3. The first-order chi connectivity index (χ1) is 7.93. The van der Waals surface area contributed by atoms with Crippen molar-refractivity contribution in [1.29, 1.82) is 0 Å². The maximum atomic E-state index is 4.12. The Morgan fingerprint density at radius 2 is 1.75 bits per heavy atom. The predicted molar refractivity (Wildman–Crippen MR) is 58.4 cm³/mol. The molecule has 0 saturated heterocycles. The molecule has 0 fully saturated rings. The van der Waals surface area contributed by atoms with Gasteiger partial charge in [-0.25, -0.2) is 0 Å². The fourth-order valence-electron chi connectivity index (χ4n) is 1.49. The molecule has 2 heterocycles. The van der Waals surface area contributed by atoms with Gasteiger partial charge < -0.3 is 0 Å². The van der Waals surface area contributed by atoms with Gasteiger partial charge in [-0.1, -0.05) is 18.2 Å². The van der Waals surface area contributed by atoms with Crippen molar-refractivity contribution in [2.75, 3.05) is 0 Å². The standard InChI is InChI=1S/C11H7N5/c1-2-4-9-8(3-1)7-11(14-13-9)10-5-6-12-16-15-10/h1-7H. The molecule has 5 nitrogen and oxygen atoms in total. The van der Waals surface area contributed by atoms with Crippen molar-refractivity contribution in [3.05, 3.63) is 42.6 Å². The van der Waals surface area contributed by atoms with Crippen LogP contribution in [0.5, 0.6) is 0 Å². The van der Waals surface area contributed by atoms with E-state index in [1.54, 1.807) is 12.3 Å². The normalized spacial score (nSPS) is 10.5. The Labute approximate surface area is 91.2 Å². The first-order valence-corrected chi connectivity index (χ1v) is 4.81. The number of benzene rings is 1. The molecule has 0 saturated carbocycles. The van der Waals surface area contributed by atoms with Gasteiger partial charge >= 0.3 is 0 Å². The van der Waals surface area contributed by atoms with Crippen LogP contribution in [0.2, 0.25) is 0 Å². The topological polar surface area (TPSA) is 64.5 Å². The van der Waals surface area contributed by atoms with Crippen LogP contribution in [0.15, 0.2) is 42.6 Å². The van der Waals surface area contributed by atoms with Gasteiger partial charge in [0.2, 0.25) is 0 Å². The van der Waals surface area contributed by atoms with Gasteiger partial charge in [-0.05, 0) is 23.4 Å². The van der Waals surface area contributed by atoms with Crippen LogP contribution in [-0.4, -0.2) is 25.6 Å². The molecular weight excluding hydrogens is 202 g/mol. The number of hydrogen-bond acceptors (Lipinski definition) is 5. The Morgan fingerprint density at radius 3 is 2.62 bits per heavy atom. The van der Waals surface area contributed by atoms with Gasteiger partial charge in [0, 0.05) is 5.39 Å². The van der Waals surface area contributed by atoms with E-state index in [-0.39, 0.29) is 0 Å². The van der Waals surface area contributed by atoms with E-state index in [4.69, 9.17) is 0 Å². The molecule has 0 bridgehead atoms. The molecule has 0 radical (unpaired) electrons. The Kier molecular flexibility index (Phi) is 2.00. The average molecular weight is 209 g/mol. The van der Waals surface area contributed by atoms with Crippen LogP contribution in [-0.2, 0) is 0 Å². The third-order valence-electron chi connectivity index (χ3n) is 2.26. The zero-order valence-corrected chi connectivity index (χ0v) is 8.28. The van der Waals surface area contributed by atoms with Crippen molar-refractivity contribution in [3.63, 3.8) is 0 Å². The third kappa shape index (κ3) is 1.48. The fourth-order valence-corrected chi connectivity index (χ4v) is 1.49. The first kappa shape index (κ1) is 8.84. The number of nitrogens with zero attached hydrogens (tertiary/aromatic N) is 5. The monoisotopic (exact) mass is 209 g/mol. The lowest BCUT2D eigenvalue weighted by Crippen LogP contribution is -1.93. The van der Waals surface area contributed by atoms with E-state index in [2.05, 4.69) is 25.6 Å². The highest BCUT2D eigenvalue weighted by Crippen LogP contribution is 2.17. The minimum atomic E-state index is 0.674. The first-order valence-electron chi connectivity index (χ1n) is 4.81. The summed E-state index contributed by atoms with van der Waals surface area (Å²) in [5.74, 6) is 0. The van der Waals surface area contributed by atoms with Crippen LogP contribution in [0.3, 0.4) is 0 Å². The lowest BCUT2D eigenvalue weighted by atomic mass is 10.2. The second-order valence-electron chi connectivity index (χ2n) is 3.29. The quantitative estimate of drug-likeness (QED) is 0.607. The van der Waals surface area contributed by atoms with Gasteiger partial charge in [0.1, 0.15) is 11.4 Å². The second kappa shape index (κ2) is 3.62. The van der Waals surface area contributed by atoms with E-state index < -0.39 is 0 Å². The lowest BCUT2D eigenvalue weighted by Gasteiger charge is -1.99. The Hall–Kier alpha value is -2.43. The van der Waals surface area contributed by atoms with Crippen LogP contribution in [0.1, 0.15) is 0 Å². The van der Waals surface area contributed by atoms with Crippen molar-refractivity contribution >= 4 is 10.9 Å². The summed E-state index contributed by atoms with van der Waals surface area (Å²) in [4.78, 5) is 0. The summed E-state index contributed by atoms with van der Waals surface area (Å²) >= 11 is 0. The molecule has 0 spiro atoms. The van der Waals surface area contributed by atoms with Gasteiger partial charge in [-0.15, -0.1) is 20.4 Å². The Morgan fingerprint density at radius 1 is 0.812 bits per heavy atom. The van der Waals surface area contributed by atoms with Gasteiger partial charge in [0.05, 0.1) is 11.7 Å². The van der Waals surface area contributed by atoms with E-state index in [9.17, 15) is 0 Å². The Balaban J connectivity index is 2.19. The molecule has 0 aliphatic carbocycles. The molecule has 0 N–H and O–H groups in total. The van der Waals surface area contributed by atoms with Crippen LogP contribution in [0.4, 0.5) is 0 Å². The number of fused-ring (bicyclic) bond motifs is 1. The molecule has 0 aliphatic rings. The second-order valence-corrected chi connectivity index (χ2v) is 3.29. The molecule has 0 aliphatic heterocycles. The van der Waals surface area contributed by atoms with Crippen molar-refractivity contribution in [2.24, 2.45) is 0 Å². The molecule has 3 aromatic rings. The largest absolute Gasteiger partial charge is 0.150 e. The van der Waals surface area contributed by atoms with Gasteiger partial charge in [0.25, 0.3) is 0 Å². The zero-order chi connectivity index (χ0) is 10.8. The third-order valence-corrected chi connectivity index (χ3v) is 2.26. The summed E-state index contributed by atoms with van der Waals surface area (Å²) in [5, 5.41) is 20.3. The summed E-state index contributed by atoms with van der Waals surface area (Å²) in [6.45, 7) is 0. The molecule has 16 heavy (non-hydrogen) atoms. The van der Waals surface area contributed by atoms with E-state index >= 15 is 0 Å². The predicted octanol–water partition coefficient (Wildman–Crippen LogP) is 1.48. The van der Waals surface area contributed by atoms with Crippen molar-refractivity contribution in [3.8, 4) is 11.4 Å². The van der Waals surface area contributed by atoms with Crippen LogP contribution in [0.25, 0.3) is 22.3 Å². The Bertz CT molecular complexity index is 623. The number of hydrogen-bond donors (Lipinski definition) is 0. The minimum absolute atomic E-state index is 0.674. The molecule has 5 heteroatoms. The zero-order valence-electron chi connectivity index (χ0n) is 8.28. The highest BCUT2D eigenvalue weighted by Gasteiger charge is 2.03. The van der Waals surface area contributed by atoms with E-state index in [0.717, 1.165) is 10.9 Å². The molecule has 0 amide bonds. The summed E-state index contributed by atoms with van der Waals surface area (Å²) in [6, 6.07) is 11.5. The average Bonchev–Trinajstić information content (AvgIpc) is 2.39. The molecule has 1 aromatic carbocycles. The lowest BCUT2D eigenvalue weighted by molar-refractivity contribution is 0.865. The van der Waals surface area contributed by atoms with Gasteiger partial charge in [-0.3, -0.25) is 0 Å². The van der Waals surface area contributed by atoms with Crippen molar-refractivity contribution in [1.82, 2.24) is 25.6 Å². The maximum absolute atomic E-state index is 4.12. The van der Waals surface area contributed by atoms with E-state index in [1.807, 2.05) is 30.3 Å². The molecular formula is C11H7N5. The molecule has 3 rings (SSSR count). The summed E-state index contributed by atoms with van der Waals surface area (Å²) in [5.41, 5.74) is 2.25. The molecule has 0 unspecified atom stereocenters. The van der Waals surface area contributed by atoms with Gasteiger partial charge in [0.15, 0.2) is 0 Å². The fraction of sp³-hybridized carbons (Fsp3) is 0. The molecule has 2 aromatic heterocycles. The van der Waals surface area contributed by atoms with Crippen molar-refractivity contribution in [2.45, 2.75) is 0 Å². The van der Waals surface area contributed by atoms with Crippen molar-refractivity contribution < 1.29 is 0 Å². The summed E-state index contributed by atoms with van der Waals surface area (Å²) < 4.78 is 0.